The summed E-state index contributed by atoms with van der Waals surface area (Å²) in [6, 6.07) is 2.14. The van der Waals surface area contributed by atoms with Crippen LogP contribution in [0.1, 0.15) is 26.8 Å². The normalized spacial score (nSPS) is 16.3. The molecule has 18 heavy (non-hydrogen) atoms. The highest BCUT2D eigenvalue weighted by atomic mass is 16.6. The second-order valence-corrected chi connectivity index (χ2v) is 5.45. The highest BCUT2D eigenvalue weighted by Crippen LogP contribution is 2.25. The first-order chi connectivity index (χ1) is 8.40. The smallest absolute Gasteiger partial charge is 0.410 e. The third kappa shape index (κ3) is 2.57. The molecule has 100 valence electrons. The number of carbonyl (C=O) groups excluding carboxylic acids is 1. The maximum atomic E-state index is 11.8. The number of rotatable bonds is 2. The summed E-state index contributed by atoms with van der Waals surface area (Å²) in [5.41, 5.74) is -0.440. The molecule has 6 nitrogen and oxygen atoms in total. The van der Waals surface area contributed by atoms with Crippen molar-refractivity contribution in [3.05, 3.63) is 12.3 Å². The van der Waals surface area contributed by atoms with Gasteiger partial charge in [-0.3, -0.25) is 0 Å². The van der Waals surface area contributed by atoms with E-state index in [0.29, 0.717) is 13.1 Å². The van der Waals surface area contributed by atoms with Gasteiger partial charge in [0.25, 0.3) is 0 Å². The number of amides is 1. The largest absolute Gasteiger partial charge is 0.444 e. The van der Waals surface area contributed by atoms with Crippen molar-refractivity contribution in [1.29, 1.82) is 0 Å². The van der Waals surface area contributed by atoms with Crippen LogP contribution in [0.2, 0.25) is 0 Å². The standard InChI is InChI=1S/C12H20N4O2/c1-12(2,3)18-11(17)15-7-9(8-15)16-10(13-4)5-6-14-16/h5-6,9,13H,7-8H2,1-4H3. The van der Waals surface area contributed by atoms with Gasteiger partial charge in [0, 0.05) is 26.2 Å². The SMILES string of the molecule is CNc1ccnn1C1CN(C(=O)OC(C)(C)C)C1. The van der Waals surface area contributed by atoms with Crippen molar-refractivity contribution in [3.63, 3.8) is 0 Å². The molecule has 1 saturated heterocycles. The topological polar surface area (TPSA) is 59.4 Å². The van der Waals surface area contributed by atoms with Crippen LogP contribution < -0.4 is 5.32 Å². The number of likely N-dealkylation sites (tertiary alicyclic amines) is 1. The van der Waals surface area contributed by atoms with Crippen molar-refractivity contribution in [3.8, 4) is 0 Å². The van der Waals surface area contributed by atoms with Gasteiger partial charge < -0.3 is 15.0 Å². The Labute approximate surface area is 107 Å². The maximum absolute atomic E-state index is 11.8. The number of carbonyl (C=O) groups is 1. The lowest BCUT2D eigenvalue weighted by molar-refractivity contribution is -0.000126. The lowest BCUT2D eigenvalue weighted by Gasteiger charge is -2.40. The van der Waals surface area contributed by atoms with Crippen molar-refractivity contribution in [2.24, 2.45) is 0 Å². The Morgan fingerprint density at radius 1 is 1.50 bits per heavy atom. The molecule has 1 aromatic rings. The van der Waals surface area contributed by atoms with E-state index in [-0.39, 0.29) is 12.1 Å². The molecule has 2 heterocycles. The van der Waals surface area contributed by atoms with Crippen molar-refractivity contribution < 1.29 is 9.53 Å². The van der Waals surface area contributed by atoms with E-state index in [0.717, 1.165) is 5.82 Å². The average Bonchev–Trinajstić information content (AvgIpc) is 2.60. The molecule has 0 atom stereocenters. The molecule has 1 aliphatic rings. The van der Waals surface area contributed by atoms with Gasteiger partial charge in [0.15, 0.2) is 0 Å². The van der Waals surface area contributed by atoms with E-state index in [1.807, 2.05) is 38.6 Å². The summed E-state index contributed by atoms with van der Waals surface area (Å²) in [4.78, 5) is 13.5. The minimum atomic E-state index is -0.440. The molecule has 0 saturated carbocycles. The number of anilines is 1. The van der Waals surface area contributed by atoms with E-state index in [1.165, 1.54) is 0 Å². The number of ether oxygens (including phenoxy) is 1. The van der Waals surface area contributed by atoms with Crippen molar-refractivity contribution in [2.75, 3.05) is 25.5 Å². The van der Waals surface area contributed by atoms with Gasteiger partial charge in [-0.1, -0.05) is 0 Å². The molecule has 0 aromatic carbocycles. The summed E-state index contributed by atoms with van der Waals surface area (Å²) in [5, 5.41) is 7.33. The van der Waals surface area contributed by atoms with Gasteiger partial charge in [0.05, 0.1) is 12.2 Å². The third-order valence-electron chi connectivity index (χ3n) is 2.79. The second-order valence-electron chi connectivity index (χ2n) is 5.45. The molecular weight excluding hydrogens is 232 g/mol. The zero-order valence-electron chi connectivity index (χ0n) is 11.3. The van der Waals surface area contributed by atoms with Crippen LogP contribution in [0.3, 0.4) is 0 Å². The summed E-state index contributed by atoms with van der Waals surface area (Å²) in [5.74, 6) is 0.962. The van der Waals surface area contributed by atoms with Crippen LogP contribution in [0.5, 0.6) is 0 Å². The summed E-state index contributed by atoms with van der Waals surface area (Å²) >= 11 is 0. The van der Waals surface area contributed by atoms with Gasteiger partial charge in [-0.2, -0.15) is 5.10 Å². The zero-order chi connectivity index (χ0) is 13.3. The van der Waals surface area contributed by atoms with E-state index >= 15 is 0 Å². The van der Waals surface area contributed by atoms with Gasteiger partial charge in [-0.05, 0) is 20.8 Å². The summed E-state index contributed by atoms with van der Waals surface area (Å²) in [7, 11) is 1.86. The molecule has 1 aromatic heterocycles. The van der Waals surface area contributed by atoms with Crippen LogP contribution in [-0.2, 0) is 4.74 Å². The van der Waals surface area contributed by atoms with Gasteiger partial charge >= 0.3 is 6.09 Å². The van der Waals surface area contributed by atoms with Gasteiger partial charge in [-0.15, -0.1) is 0 Å². The molecule has 0 spiro atoms. The molecular formula is C12H20N4O2. The zero-order valence-corrected chi connectivity index (χ0v) is 11.3. The molecule has 1 aliphatic heterocycles. The first kappa shape index (κ1) is 12.7. The Balaban J connectivity index is 1.89. The Kier molecular flexibility index (Phi) is 3.19. The number of hydrogen-bond acceptors (Lipinski definition) is 4. The van der Waals surface area contributed by atoms with E-state index in [1.54, 1.807) is 11.1 Å². The number of aromatic nitrogens is 2. The fourth-order valence-corrected chi connectivity index (χ4v) is 1.89. The summed E-state index contributed by atoms with van der Waals surface area (Å²) in [6.45, 7) is 6.90. The lowest BCUT2D eigenvalue weighted by atomic mass is 10.1. The summed E-state index contributed by atoms with van der Waals surface area (Å²) in [6.07, 6.45) is 1.50. The van der Waals surface area contributed by atoms with Gasteiger partial charge in [0.1, 0.15) is 11.4 Å². The summed E-state index contributed by atoms with van der Waals surface area (Å²) < 4.78 is 7.21. The Morgan fingerprint density at radius 2 is 2.17 bits per heavy atom. The van der Waals surface area contributed by atoms with Crippen LogP contribution in [0.15, 0.2) is 12.3 Å². The number of nitrogens with zero attached hydrogens (tertiary/aromatic N) is 3. The van der Waals surface area contributed by atoms with E-state index < -0.39 is 5.60 Å². The van der Waals surface area contributed by atoms with Crippen LogP contribution in [0.4, 0.5) is 10.6 Å². The molecule has 1 N–H and O–H groups in total. The van der Waals surface area contributed by atoms with Crippen molar-refractivity contribution >= 4 is 11.9 Å². The minimum Gasteiger partial charge on any atom is -0.444 e. The fraction of sp³-hybridized carbons (Fsp3) is 0.667. The number of hydrogen-bond donors (Lipinski definition) is 1. The maximum Gasteiger partial charge on any atom is 0.410 e. The van der Waals surface area contributed by atoms with Crippen molar-refractivity contribution in [2.45, 2.75) is 32.4 Å². The molecule has 1 fully saturated rings. The third-order valence-corrected chi connectivity index (χ3v) is 2.79. The van der Waals surface area contributed by atoms with E-state index in [9.17, 15) is 4.79 Å². The predicted molar refractivity (Wildman–Crippen MR) is 68.6 cm³/mol. The fourth-order valence-electron chi connectivity index (χ4n) is 1.89. The van der Waals surface area contributed by atoms with Crippen LogP contribution in [0.25, 0.3) is 0 Å². The first-order valence-corrected chi connectivity index (χ1v) is 6.10. The van der Waals surface area contributed by atoms with Crippen LogP contribution >= 0.6 is 0 Å². The minimum absolute atomic E-state index is 0.231. The lowest BCUT2D eigenvalue weighted by Crippen LogP contribution is -2.52. The molecule has 0 bridgehead atoms. The van der Waals surface area contributed by atoms with E-state index in [4.69, 9.17) is 4.74 Å². The monoisotopic (exact) mass is 252 g/mol. The predicted octanol–water partition coefficient (Wildman–Crippen LogP) is 1.72. The molecule has 2 rings (SSSR count). The molecule has 0 radical (unpaired) electrons. The first-order valence-electron chi connectivity index (χ1n) is 6.10. The molecule has 6 heteroatoms. The highest BCUT2D eigenvalue weighted by Gasteiger charge is 2.35. The van der Waals surface area contributed by atoms with Crippen LogP contribution in [-0.4, -0.2) is 46.5 Å². The Hall–Kier alpha value is -1.72. The Bertz CT molecular complexity index is 430. The molecule has 0 aliphatic carbocycles. The van der Waals surface area contributed by atoms with E-state index in [2.05, 4.69) is 10.4 Å². The molecule has 0 unspecified atom stereocenters. The second kappa shape index (κ2) is 4.51. The average molecular weight is 252 g/mol. The number of nitrogens with one attached hydrogen (secondary N) is 1. The van der Waals surface area contributed by atoms with Gasteiger partial charge in [0.2, 0.25) is 0 Å². The van der Waals surface area contributed by atoms with Crippen molar-refractivity contribution in [1.82, 2.24) is 14.7 Å². The molecule has 1 amide bonds. The van der Waals surface area contributed by atoms with Gasteiger partial charge in [-0.25, -0.2) is 9.48 Å². The quantitative estimate of drug-likeness (QED) is 0.870. The Morgan fingerprint density at radius 3 is 2.72 bits per heavy atom. The van der Waals surface area contributed by atoms with Crippen LogP contribution in [0, 0.1) is 0 Å². The highest BCUT2D eigenvalue weighted by molar-refractivity contribution is 5.69.